The number of ether oxygens (including phenoxy) is 1. The second-order valence-electron chi connectivity index (χ2n) is 6.24. The molecule has 0 atom stereocenters. The van der Waals surface area contributed by atoms with Gasteiger partial charge in [0, 0.05) is 16.8 Å². The first-order valence-corrected chi connectivity index (χ1v) is 8.89. The van der Waals surface area contributed by atoms with Crippen molar-refractivity contribution in [1.82, 2.24) is 5.43 Å². The molecule has 0 heterocycles. The number of rotatable bonds is 7. The van der Waals surface area contributed by atoms with E-state index in [2.05, 4.69) is 15.8 Å². The van der Waals surface area contributed by atoms with Gasteiger partial charge in [-0.3, -0.25) is 9.59 Å². The van der Waals surface area contributed by atoms with Gasteiger partial charge < -0.3 is 10.1 Å². The summed E-state index contributed by atoms with van der Waals surface area (Å²) in [5.41, 5.74) is 3.62. The Morgan fingerprint density at radius 1 is 0.893 bits per heavy atom. The maximum Gasteiger partial charge on any atom is 0.277 e. The van der Waals surface area contributed by atoms with Gasteiger partial charge in [0.15, 0.2) is 6.61 Å². The molecular formula is C22H21N3O3. The molecule has 0 radical (unpaired) electrons. The first-order valence-electron chi connectivity index (χ1n) is 8.89. The Bertz CT molecular complexity index is 995. The molecule has 2 N–H and O–H groups in total. The molecule has 142 valence electrons. The van der Waals surface area contributed by atoms with Crippen molar-refractivity contribution in [2.24, 2.45) is 5.10 Å². The van der Waals surface area contributed by atoms with Crippen LogP contribution in [-0.4, -0.2) is 24.1 Å². The molecule has 0 aliphatic rings. The van der Waals surface area contributed by atoms with Crippen LogP contribution in [0.15, 0.2) is 77.9 Å². The number of hydrogen-bond donors (Lipinski definition) is 2. The van der Waals surface area contributed by atoms with Crippen LogP contribution in [0.3, 0.4) is 0 Å². The fourth-order valence-electron chi connectivity index (χ4n) is 2.65. The molecule has 6 heteroatoms. The van der Waals surface area contributed by atoms with E-state index in [0.29, 0.717) is 17.1 Å². The topological polar surface area (TPSA) is 79.8 Å². The number of para-hydroxylation sites is 1. The molecule has 6 nitrogen and oxygen atoms in total. The van der Waals surface area contributed by atoms with E-state index >= 15 is 0 Å². The summed E-state index contributed by atoms with van der Waals surface area (Å²) in [6.45, 7) is 1.51. The van der Waals surface area contributed by atoms with E-state index in [1.54, 1.807) is 19.1 Å². The van der Waals surface area contributed by atoms with Crippen molar-refractivity contribution >= 4 is 34.0 Å². The van der Waals surface area contributed by atoms with E-state index in [4.69, 9.17) is 4.74 Å². The minimum absolute atomic E-state index is 0.0827. The molecular weight excluding hydrogens is 354 g/mol. The van der Waals surface area contributed by atoms with Gasteiger partial charge in [-0.1, -0.05) is 54.6 Å². The van der Waals surface area contributed by atoms with Crippen molar-refractivity contribution < 1.29 is 14.3 Å². The van der Waals surface area contributed by atoms with Gasteiger partial charge in [0.05, 0.1) is 6.42 Å². The Morgan fingerprint density at radius 3 is 2.43 bits per heavy atom. The number of anilines is 1. The highest BCUT2D eigenvalue weighted by Gasteiger charge is 2.07. The highest BCUT2D eigenvalue weighted by molar-refractivity contribution is 6.05. The number of carbonyl (C=O) groups excluding carboxylic acids is 2. The quantitative estimate of drug-likeness (QED) is 0.488. The molecule has 0 unspecified atom stereocenters. The molecule has 0 saturated heterocycles. The van der Waals surface area contributed by atoms with Crippen molar-refractivity contribution in [2.45, 2.75) is 13.3 Å². The number of hydrazone groups is 1. The normalized spacial score (nSPS) is 11.1. The summed E-state index contributed by atoms with van der Waals surface area (Å²) >= 11 is 0. The minimum Gasteiger partial charge on any atom is -0.483 e. The van der Waals surface area contributed by atoms with Crippen LogP contribution < -0.4 is 15.5 Å². The van der Waals surface area contributed by atoms with Gasteiger partial charge in [-0.2, -0.15) is 5.10 Å². The average Bonchev–Trinajstić information content (AvgIpc) is 2.71. The summed E-state index contributed by atoms with van der Waals surface area (Å²) in [5.74, 6) is 0.0423. The van der Waals surface area contributed by atoms with Crippen molar-refractivity contribution in [3.8, 4) is 5.75 Å². The third-order valence-corrected chi connectivity index (χ3v) is 3.95. The highest BCUT2D eigenvalue weighted by atomic mass is 16.5. The number of fused-ring (bicyclic) bond motifs is 1. The van der Waals surface area contributed by atoms with Crippen LogP contribution in [-0.2, 0) is 9.59 Å². The SMILES string of the molecule is CC(CC(=O)Nc1ccccc1)=NNC(=O)COc1cccc2ccccc12. The second-order valence-corrected chi connectivity index (χ2v) is 6.24. The summed E-state index contributed by atoms with van der Waals surface area (Å²) in [4.78, 5) is 24.0. The van der Waals surface area contributed by atoms with E-state index < -0.39 is 5.91 Å². The molecule has 3 rings (SSSR count). The van der Waals surface area contributed by atoms with Gasteiger partial charge >= 0.3 is 0 Å². The maximum absolute atomic E-state index is 12.0. The molecule has 0 aromatic heterocycles. The lowest BCUT2D eigenvalue weighted by molar-refractivity contribution is -0.123. The Labute approximate surface area is 163 Å². The molecule has 0 aliphatic carbocycles. The zero-order chi connectivity index (χ0) is 19.8. The van der Waals surface area contributed by atoms with Crippen LogP contribution in [0.5, 0.6) is 5.75 Å². The number of amides is 2. The van der Waals surface area contributed by atoms with Crippen LogP contribution in [0, 0.1) is 0 Å². The first-order chi connectivity index (χ1) is 13.6. The van der Waals surface area contributed by atoms with Crippen molar-refractivity contribution in [3.05, 3.63) is 72.8 Å². The Morgan fingerprint density at radius 2 is 1.61 bits per heavy atom. The molecule has 0 aliphatic heterocycles. The molecule has 3 aromatic rings. The first kappa shape index (κ1) is 19.1. The predicted octanol–water partition coefficient (Wildman–Crippen LogP) is 3.74. The highest BCUT2D eigenvalue weighted by Crippen LogP contribution is 2.24. The molecule has 28 heavy (non-hydrogen) atoms. The summed E-state index contributed by atoms with van der Waals surface area (Å²) < 4.78 is 5.61. The lowest BCUT2D eigenvalue weighted by Crippen LogP contribution is -2.26. The fourth-order valence-corrected chi connectivity index (χ4v) is 2.65. The molecule has 0 spiro atoms. The maximum atomic E-state index is 12.0. The van der Waals surface area contributed by atoms with E-state index in [0.717, 1.165) is 10.8 Å². The smallest absolute Gasteiger partial charge is 0.277 e. The largest absolute Gasteiger partial charge is 0.483 e. The van der Waals surface area contributed by atoms with Gasteiger partial charge in [0.1, 0.15) is 5.75 Å². The molecule has 2 amide bonds. The van der Waals surface area contributed by atoms with E-state index in [1.807, 2.05) is 60.7 Å². The number of carbonyl (C=O) groups is 2. The number of nitrogens with one attached hydrogen (secondary N) is 2. The average molecular weight is 375 g/mol. The Kier molecular flexibility index (Phi) is 6.36. The lowest BCUT2D eigenvalue weighted by Gasteiger charge is -2.09. The van der Waals surface area contributed by atoms with Crippen LogP contribution in [0.1, 0.15) is 13.3 Å². The second kappa shape index (κ2) is 9.32. The van der Waals surface area contributed by atoms with Gasteiger partial charge in [0.25, 0.3) is 5.91 Å². The van der Waals surface area contributed by atoms with Gasteiger partial charge in [0.2, 0.25) is 5.91 Å². The summed E-state index contributed by atoms with van der Waals surface area (Å²) in [6.07, 6.45) is 0.0827. The number of hydrogen-bond acceptors (Lipinski definition) is 4. The van der Waals surface area contributed by atoms with E-state index in [9.17, 15) is 9.59 Å². The number of benzene rings is 3. The van der Waals surface area contributed by atoms with Crippen LogP contribution in [0.2, 0.25) is 0 Å². The van der Waals surface area contributed by atoms with E-state index in [1.165, 1.54) is 0 Å². The Hall–Kier alpha value is -3.67. The van der Waals surface area contributed by atoms with Gasteiger partial charge in [-0.15, -0.1) is 0 Å². The minimum atomic E-state index is -0.393. The summed E-state index contributed by atoms with van der Waals surface area (Å²) in [6, 6.07) is 22.6. The molecule has 0 saturated carbocycles. The summed E-state index contributed by atoms with van der Waals surface area (Å²) in [7, 11) is 0. The third-order valence-electron chi connectivity index (χ3n) is 3.95. The standard InChI is InChI=1S/C22H21N3O3/c1-16(14-21(26)23-18-10-3-2-4-11-18)24-25-22(27)15-28-20-13-7-9-17-8-5-6-12-19(17)20/h2-13H,14-15H2,1H3,(H,23,26)(H,25,27). The molecule has 3 aromatic carbocycles. The van der Waals surface area contributed by atoms with E-state index in [-0.39, 0.29) is 18.9 Å². The van der Waals surface area contributed by atoms with Crippen molar-refractivity contribution in [2.75, 3.05) is 11.9 Å². The lowest BCUT2D eigenvalue weighted by atomic mass is 10.1. The van der Waals surface area contributed by atoms with Crippen molar-refractivity contribution in [3.63, 3.8) is 0 Å². The monoisotopic (exact) mass is 375 g/mol. The van der Waals surface area contributed by atoms with Gasteiger partial charge in [-0.25, -0.2) is 5.43 Å². The van der Waals surface area contributed by atoms with Crippen molar-refractivity contribution in [1.29, 1.82) is 0 Å². The Balaban J connectivity index is 1.48. The third kappa shape index (κ3) is 5.41. The molecule has 0 bridgehead atoms. The van der Waals surface area contributed by atoms with Crippen LogP contribution >= 0.6 is 0 Å². The summed E-state index contributed by atoms with van der Waals surface area (Å²) in [5, 5.41) is 8.70. The zero-order valence-corrected chi connectivity index (χ0v) is 15.5. The number of nitrogens with zero attached hydrogens (tertiary/aromatic N) is 1. The fraction of sp³-hybridized carbons (Fsp3) is 0.136. The van der Waals surface area contributed by atoms with Crippen LogP contribution in [0.4, 0.5) is 5.69 Å². The molecule has 0 fully saturated rings. The predicted molar refractivity (Wildman–Crippen MR) is 110 cm³/mol. The zero-order valence-electron chi connectivity index (χ0n) is 15.5. The van der Waals surface area contributed by atoms with Crippen LogP contribution in [0.25, 0.3) is 10.8 Å². The van der Waals surface area contributed by atoms with Gasteiger partial charge in [-0.05, 0) is 30.5 Å².